The molecule has 0 N–H and O–H groups in total. The fourth-order valence-electron chi connectivity index (χ4n) is 2.72. The summed E-state index contributed by atoms with van der Waals surface area (Å²) < 4.78 is 16.2. The standard InChI is InChI=1S/C23H22N2O5S/c1-15(2)22(26)29-7-9-31-8-6-28-21-12-18-11-19(23(27)30-20(18)14-25-21)17-5-3-4-16(10-17)13-24/h3-5,10-12,14-15H,6-9H2,1-2H3. The number of ether oxygens (including phenoxy) is 2. The van der Waals surface area contributed by atoms with Gasteiger partial charge in [0, 0.05) is 23.0 Å². The highest BCUT2D eigenvalue weighted by atomic mass is 32.2. The third-order valence-corrected chi connectivity index (χ3v) is 5.23. The molecule has 0 amide bonds. The van der Waals surface area contributed by atoms with Crippen LogP contribution in [-0.2, 0) is 9.53 Å². The van der Waals surface area contributed by atoms with Crippen LogP contribution in [0.15, 0.2) is 51.8 Å². The normalized spacial score (nSPS) is 10.8. The van der Waals surface area contributed by atoms with Crippen LogP contribution in [0.25, 0.3) is 22.1 Å². The molecule has 0 radical (unpaired) electrons. The van der Waals surface area contributed by atoms with Gasteiger partial charge in [0.1, 0.15) is 6.61 Å². The van der Waals surface area contributed by atoms with Gasteiger partial charge < -0.3 is 13.9 Å². The minimum Gasteiger partial charge on any atom is -0.477 e. The fourth-order valence-corrected chi connectivity index (χ4v) is 3.32. The first kappa shape index (κ1) is 22.4. The molecule has 0 bridgehead atoms. The minimum absolute atomic E-state index is 0.118. The van der Waals surface area contributed by atoms with Gasteiger partial charge in [-0.2, -0.15) is 17.0 Å². The Labute approximate surface area is 184 Å². The number of fused-ring (bicyclic) bond motifs is 1. The lowest BCUT2D eigenvalue weighted by Crippen LogP contribution is -2.13. The molecule has 160 valence electrons. The van der Waals surface area contributed by atoms with E-state index in [1.54, 1.807) is 62.0 Å². The van der Waals surface area contributed by atoms with Gasteiger partial charge in [0.2, 0.25) is 5.88 Å². The average Bonchev–Trinajstić information content (AvgIpc) is 2.77. The SMILES string of the molecule is CC(C)C(=O)OCCSCCOc1cc2cc(-c3cccc(C#N)c3)c(=O)oc2cn1. The number of hydrogen-bond donors (Lipinski definition) is 0. The summed E-state index contributed by atoms with van der Waals surface area (Å²) in [6.45, 7) is 4.43. The van der Waals surface area contributed by atoms with Crippen molar-refractivity contribution in [3.05, 3.63) is 58.6 Å². The Hall–Kier alpha value is -3.31. The van der Waals surface area contributed by atoms with Gasteiger partial charge in [-0.15, -0.1) is 0 Å². The van der Waals surface area contributed by atoms with Gasteiger partial charge in [-0.3, -0.25) is 4.79 Å². The van der Waals surface area contributed by atoms with Crippen LogP contribution >= 0.6 is 11.8 Å². The topological polar surface area (TPSA) is 102 Å². The first-order valence-electron chi connectivity index (χ1n) is 9.79. The molecule has 0 spiro atoms. The van der Waals surface area contributed by atoms with Crippen LogP contribution in [0.2, 0.25) is 0 Å². The zero-order valence-corrected chi connectivity index (χ0v) is 18.1. The van der Waals surface area contributed by atoms with Gasteiger partial charge in [-0.25, -0.2) is 9.78 Å². The van der Waals surface area contributed by atoms with Crippen LogP contribution < -0.4 is 10.4 Å². The summed E-state index contributed by atoms with van der Waals surface area (Å²) in [4.78, 5) is 27.9. The molecule has 0 saturated carbocycles. The van der Waals surface area contributed by atoms with E-state index in [1.165, 1.54) is 6.20 Å². The lowest BCUT2D eigenvalue weighted by molar-refractivity contribution is -0.146. The lowest BCUT2D eigenvalue weighted by Gasteiger charge is -2.08. The highest BCUT2D eigenvalue weighted by molar-refractivity contribution is 7.99. The summed E-state index contributed by atoms with van der Waals surface area (Å²) in [5.41, 5.74) is 1.32. The van der Waals surface area contributed by atoms with E-state index in [2.05, 4.69) is 11.1 Å². The monoisotopic (exact) mass is 438 g/mol. The van der Waals surface area contributed by atoms with Crippen LogP contribution in [0, 0.1) is 17.2 Å². The quantitative estimate of drug-likeness (QED) is 0.364. The van der Waals surface area contributed by atoms with Crippen molar-refractivity contribution < 1.29 is 18.7 Å². The predicted molar refractivity (Wildman–Crippen MR) is 119 cm³/mol. The average molecular weight is 439 g/mol. The van der Waals surface area contributed by atoms with E-state index in [4.69, 9.17) is 19.2 Å². The van der Waals surface area contributed by atoms with E-state index in [0.29, 0.717) is 52.5 Å². The van der Waals surface area contributed by atoms with E-state index in [9.17, 15) is 9.59 Å². The van der Waals surface area contributed by atoms with Gasteiger partial charge in [-0.05, 0) is 23.8 Å². The smallest absolute Gasteiger partial charge is 0.344 e. The zero-order chi connectivity index (χ0) is 22.2. The minimum atomic E-state index is -0.493. The largest absolute Gasteiger partial charge is 0.477 e. The van der Waals surface area contributed by atoms with Gasteiger partial charge >= 0.3 is 11.6 Å². The molecule has 0 aliphatic carbocycles. The molecule has 0 unspecified atom stereocenters. The molecule has 2 aromatic heterocycles. The molecule has 1 aromatic carbocycles. The number of nitriles is 1. The number of rotatable bonds is 9. The van der Waals surface area contributed by atoms with Crippen molar-refractivity contribution in [1.29, 1.82) is 5.26 Å². The second kappa shape index (κ2) is 10.6. The maximum atomic E-state index is 12.4. The van der Waals surface area contributed by atoms with Crippen LogP contribution in [0.4, 0.5) is 0 Å². The number of pyridine rings is 1. The summed E-state index contributed by atoms with van der Waals surface area (Å²) in [6.07, 6.45) is 1.46. The summed E-state index contributed by atoms with van der Waals surface area (Å²) in [6, 6.07) is 12.3. The Bertz CT molecular complexity index is 1170. The Balaban J connectivity index is 1.60. The molecule has 8 heteroatoms. The summed E-state index contributed by atoms with van der Waals surface area (Å²) >= 11 is 1.62. The van der Waals surface area contributed by atoms with Crippen LogP contribution in [0.3, 0.4) is 0 Å². The third kappa shape index (κ3) is 6.09. The number of thioether (sulfide) groups is 1. The molecule has 3 rings (SSSR count). The summed E-state index contributed by atoms with van der Waals surface area (Å²) in [5, 5.41) is 9.76. The van der Waals surface area contributed by atoms with Crippen molar-refractivity contribution in [2.75, 3.05) is 24.7 Å². The van der Waals surface area contributed by atoms with Crippen molar-refractivity contribution in [3.63, 3.8) is 0 Å². The maximum absolute atomic E-state index is 12.4. The Morgan fingerprint density at radius 2 is 2.03 bits per heavy atom. The first-order chi connectivity index (χ1) is 15.0. The molecule has 0 aliphatic rings. The van der Waals surface area contributed by atoms with Crippen LogP contribution in [-0.4, -0.2) is 35.7 Å². The van der Waals surface area contributed by atoms with Crippen molar-refractivity contribution in [1.82, 2.24) is 4.98 Å². The van der Waals surface area contributed by atoms with E-state index >= 15 is 0 Å². The van der Waals surface area contributed by atoms with Crippen LogP contribution in [0.5, 0.6) is 5.88 Å². The molecule has 0 saturated heterocycles. The molecule has 0 atom stereocenters. The second-order valence-corrected chi connectivity index (χ2v) is 8.21. The summed E-state index contributed by atoms with van der Waals surface area (Å²) in [5.74, 6) is 1.53. The number of esters is 1. The van der Waals surface area contributed by atoms with Crippen molar-refractivity contribution in [2.45, 2.75) is 13.8 Å². The van der Waals surface area contributed by atoms with E-state index in [0.717, 1.165) is 5.75 Å². The van der Waals surface area contributed by atoms with Crippen molar-refractivity contribution in [3.8, 4) is 23.1 Å². The van der Waals surface area contributed by atoms with Gasteiger partial charge in [0.25, 0.3) is 0 Å². The summed E-state index contributed by atoms with van der Waals surface area (Å²) in [7, 11) is 0. The van der Waals surface area contributed by atoms with Crippen molar-refractivity contribution in [2.24, 2.45) is 5.92 Å². The Morgan fingerprint density at radius 3 is 2.81 bits per heavy atom. The molecule has 7 nitrogen and oxygen atoms in total. The lowest BCUT2D eigenvalue weighted by atomic mass is 10.0. The highest BCUT2D eigenvalue weighted by Gasteiger charge is 2.10. The zero-order valence-electron chi connectivity index (χ0n) is 17.3. The molecule has 0 fully saturated rings. The van der Waals surface area contributed by atoms with Crippen molar-refractivity contribution >= 4 is 28.7 Å². The number of nitrogens with zero attached hydrogens (tertiary/aromatic N) is 2. The molecule has 3 aromatic rings. The molecule has 2 heterocycles. The number of benzene rings is 1. The second-order valence-electron chi connectivity index (χ2n) is 6.98. The number of carbonyl (C=O) groups is 1. The predicted octanol–water partition coefficient (Wildman–Crippen LogP) is 4.04. The Kier molecular flexibility index (Phi) is 7.68. The molecular weight excluding hydrogens is 416 g/mol. The van der Waals surface area contributed by atoms with Crippen LogP contribution in [0.1, 0.15) is 19.4 Å². The fraction of sp³-hybridized carbons (Fsp3) is 0.304. The number of hydrogen-bond acceptors (Lipinski definition) is 8. The first-order valence-corrected chi connectivity index (χ1v) is 10.9. The van der Waals surface area contributed by atoms with E-state index in [1.807, 2.05) is 0 Å². The molecular formula is C23H22N2O5S. The van der Waals surface area contributed by atoms with Gasteiger partial charge in [0.15, 0.2) is 5.58 Å². The third-order valence-electron chi connectivity index (χ3n) is 4.32. The number of aromatic nitrogens is 1. The Morgan fingerprint density at radius 1 is 1.23 bits per heavy atom. The molecule has 0 aliphatic heterocycles. The number of carbonyl (C=O) groups excluding carboxylic acids is 1. The van der Waals surface area contributed by atoms with Gasteiger partial charge in [0.05, 0.1) is 35.9 Å². The maximum Gasteiger partial charge on any atom is 0.344 e. The van der Waals surface area contributed by atoms with Gasteiger partial charge in [-0.1, -0.05) is 26.0 Å². The highest BCUT2D eigenvalue weighted by Crippen LogP contribution is 2.23. The van der Waals surface area contributed by atoms with E-state index < -0.39 is 5.63 Å². The van der Waals surface area contributed by atoms with E-state index in [-0.39, 0.29) is 11.9 Å². The molecule has 31 heavy (non-hydrogen) atoms.